The fraction of sp³-hybridized carbons (Fsp3) is 0.417. The van der Waals surface area contributed by atoms with Crippen LogP contribution in [0, 0.1) is 0 Å². The maximum absolute atomic E-state index is 11.6. The van der Waals surface area contributed by atoms with Gasteiger partial charge in [-0.2, -0.15) is 0 Å². The molecule has 0 N–H and O–H groups in total. The zero-order chi connectivity index (χ0) is 10.4. The minimum Gasteiger partial charge on any atom is -0.306 e. The summed E-state index contributed by atoms with van der Waals surface area (Å²) in [6.45, 7) is 3.92. The Morgan fingerprint density at radius 3 is 2.50 bits per heavy atom. The van der Waals surface area contributed by atoms with Gasteiger partial charge >= 0.3 is 0 Å². The highest BCUT2D eigenvalue weighted by molar-refractivity contribution is 5.96. The minimum atomic E-state index is 0.228. The van der Waals surface area contributed by atoms with Crippen molar-refractivity contribution >= 4 is 5.78 Å². The Labute approximate surface area is 85.5 Å². The monoisotopic (exact) mass is 191 g/mol. The molecule has 1 aromatic carbocycles. The number of carbonyl (C=O) groups excluding carboxylic acids is 1. The molecule has 2 heteroatoms. The molecule has 0 aromatic heterocycles. The van der Waals surface area contributed by atoms with Crippen LogP contribution in [-0.4, -0.2) is 30.8 Å². The maximum Gasteiger partial charge on any atom is 0.164 e. The fourth-order valence-corrected chi connectivity index (χ4v) is 1.22. The molecule has 1 aromatic rings. The SMILES string of the molecule is CCN(C)CCC(=O)c1ccccc1. The van der Waals surface area contributed by atoms with E-state index in [1.54, 1.807) is 0 Å². The molecule has 0 heterocycles. The quantitative estimate of drug-likeness (QED) is 0.665. The van der Waals surface area contributed by atoms with Gasteiger partial charge in [0.25, 0.3) is 0 Å². The number of hydrogen-bond acceptors (Lipinski definition) is 2. The van der Waals surface area contributed by atoms with Gasteiger partial charge < -0.3 is 4.90 Å². The Morgan fingerprint density at radius 1 is 1.29 bits per heavy atom. The summed E-state index contributed by atoms with van der Waals surface area (Å²) in [6, 6.07) is 9.46. The molecule has 1 rings (SSSR count). The molecule has 0 amide bonds. The van der Waals surface area contributed by atoms with Crippen LogP contribution in [0.5, 0.6) is 0 Å². The van der Waals surface area contributed by atoms with E-state index in [1.165, 1.54) is 0 Å². The van der Waals surface area contributed by atoms with E-state index < -0.39 is 0 Å². The van der Waals surface area contributed by atoms with Gasteiger partial charge in [-0.1, -0.05) is 37.3 Å². The average molecular weight is 191 g/mol. The van der Waals surface area contributed by atoms with Crippen LogP contribution in [0.3, 0.4) is 0 Å². The first kappa shape index (κ1) is 10.9. The largest absolute Gasteiger partial charge is 0.306 e. The highest BCUT2D eigenvalue weighted by Crippen LogP contribution is 2.03. The number of nitrogens with zero attached hydrogens (tertiary/aromatic N) is 1. The Hall–Kier alpha value is -1.15. The topological polar surface area (TPSA) is 20.3 Å². The van der Waals surface area contributed by atoms with Crippen molar-refractivity contribution in [1.29, 1.82) is 0 Å². The summed E-state index contributed by atoms with van der Waals surface area (Å²) >= 11 is 0. The molecular formula is C12H17NO. The van der Waals surface area contributed by atoms with Crippen LogP contribution in [-0.2, 0) is 0 Å². The number of Topliss-reactive ketones (excluding diaryl/α,β-unsaturated/α-hetero) is 1. The molecule has 0 bridgehead atoms. The summed E-state index contributed by atoms with van der Waals surface area (Å²) in [5.41, 5.74) is 0.817. The molecule has 2 nitrogen and oxygen atoms in total. The van der Waals surface area contributed by atoms with Crippen molar-refractivity contribution in [2.24, 2.45) is 0 Å². The molecule has 0 aliphatic carbocycles. The lowest BCUT2D eigenvalue weighted by Crippen LogP contribution is -2.21. The zero-order valence-electron chi connectivity index (χ0n) is 8.86. The Bertz CT molecular complexity index is 282. The molecule has 0 saturated carbocycles. The van der Waals surface area contributed by atoms with Gasteiger partial charge in [-0.25, -0.2) is 0 Å². The van der Waals surface area contributed by atoms with Gasteiger partial charge in [-0.3, -0.25) is 4.79 Å². The molecule has 76 valence electrons. The number of benzene rings is 1. The van der Waals surface area contributed by atoms with Gasteiger partial charge in [0.05, 0.1) is 0 Å². The average Bonchev–Trinajstić information content (AvgIpc) is 2.26. The predicted octanol–water partition coefficient (Wildman–Crippen LogP) is 2.21. The summed E-state index contributed by atoms with van der Waals surface area (Å²) in [6.07, 6.45) is 0.606. The molecule has 0 spiro atoms. The van der Waals surface area contributed by atoms with E-state index in [9.17, 15) is 4.79 Å². The van der Waals surface area contributed by atoms with Crippen molar-refractivity contribution < 1.29 is 4.79 Å². The smallest absolute Gasteiger partial charge is 0.164 e. The second kappa shape index (κ2) is 5.55. The molecule has 0 atom stereocenters. The Morgan fingerprint density at radius 2 is 1.93 bits per heavy atom. The van der Waals surface area contributed by atoms with Crippen molar-refractivity contribution in [1.82, 2.24) is 4.90 Å². The van der Waals surface area contributed by atoms with Crippen molar-refractivity contribution in [3.8, 4) is 0 Å². The van der Waals surface area contributed by atoms with Gasteiger partial charge in [-0.05, 0) is 13.6 Å². The predicted molar refractivity (Wildman–Crippen MR) is 58.6 cm³/mol. The van der Waals surface area contributed by atoms with E-state index in [0.29, 0.717) is 6.42 Å². The first-order valence-corrected chi connectivity index (χ1v) is 5.01. The van der Waals surface area contributed by atoms with Crippen molar-refractivity contribution in [3.05, 3.63) is 35.9 Å². The van der Waals surface area contributed by atoms with Gasteiger partial charge in [0.15, 0.2) is 5.78 Å². The summed E-state index contributed by atoms with van der Waals surface area (Å²) < 4.78 is 0. The fourth-order valence-electron chi connectivity index (χ4n) is 1.22. The second-order valence-corrected chi connectivity index (χ2v) is 3.44. The molecule has 0 radical (unpaired) electrons. The second-order valence-electron chi connectivity index (χ2n) is 3.44. The van der Waals surface area contributed by atoms with Crippen LogP contribution < -0.4 is 0 Å². The molecule has 0 saturated heterocycles. The molecule has 0 unspecified atom stereocenters. The van der Waals surface area contributed by atoms with Gasteiger partial charge in [0.1, 0.15) is 0 Å². The molecule has 0 aliphatic rings. The number of carbonyl (C=O) groups is 1. The van der Waals surface area contributed by atoms with Crippen molar-refractivity contribution in [2.75, 3.05) is 20.1 Å². The normalized spacial score (nSPS) is 10.5. The van der Waals surface area contributed by atoms with Crippen LogP contribution in [0.2, 0.25) is 0 Å². The van der Waals surface area contributed by atoms with Crippen molar-refractivity contribution in [3.63, 3.8) is 0 Å². The molecule has 14 heavy (non-hydrogen) atoms. The highest BCUT2D eigenvalue weighted by Gasteiger charge is 2.05. The summed E-state index contributed by atoms with van der Waals surface area (Å²) in [4.78, 5) is 13.8. The van der Waals surface area contributed by atoms with E-state index in [2.05, 4.69) is 11.8 Å². The standard InChI is InChI=1S/C12H17NO/c1-3-13(2)10-9-12(14)11-7-5-4-6-8-11/h4-8H,3,9-10H2,1-2H3. The van der Waals surface area contributed by atoms with E-state index in [4.69, 9.17) is 0 Å². The zero-order valence-corrected chi connectivity index (χ0v) is 8.86. The summed E-state index contributed by atoms with van der Waals surface area (Å²) in [5.74, 6) is 0.228. The highest BCUT2D eigenvalue weighted by atomic mass is 16.1. The summed E-state index contributed by atoms with van der Waals surface area (Å²) in [7, 11) is 2.03. The van der Waals surface area contributed by atoms with Gasteiger partial charge in [-0.15, -0.1) is 0 Å². The van der Waals surface area contributed by atoms with Crippen LogP contribution in [0.15, 0.2) is 30.3 Å². The van der Waals surface area contributed by atoms with E-state index in [0.717, 1.165) is 18.7 Å². The molecule has 0 fully saturated rings. The lowest BCUT2D eigenvalue weighted by Gasteiger charge is -2.12. The van der Waals surface area contributed by atoms with Gasteiger partial charge in [0, 0.05) is 18.5 Å². The van der Waals surface area contributed by atoms with E-state index in [-0.39, 0.29) is 5.78 Å². The number of ketones is 1. The molecule has 0 aliphatic heterocycles. The first-order valence-electron chi connectivity index (χ1n) is 5.01. The summed E-state index contributed by atoms with van der Waals surface area (Å²) in [5, 5.41) is 0. The Kier molecular flexibility index (Phi) is 4.33. The van der Waals surface area contributed by atoms with Crippen LogP contribution in [0.1, 0.15) is 23.7 Å². The van der Waals surface area contributed by atoms with E-state index in [1.807, 2.05) is 37.4 Å². The minimum absolute atomic E-state index is 0.228. The van der Waals surface area contributed by atoms with Crippen LogP contribution >= 0.6 is 0 Å². The Balaban J connectivity index is 2.44. The number of hydrogen-bond donors (Lipinski definition) is 0. The lowest BCUT2D eigenvalue weighted by molar-refractivity contribution is 0.0970. The number of rotatable bonds is 5. The lowest BCUT2D eigenvalue weighted by atomic mass is 10.1. The van der Waals surface area contributed by atoms with Gasteiger partial charge in [0.2, 0.25) is 0 Å². The van der Waals surface area contributed by atoms with Crippen LogP contribution in [0.4, 0.5) is 0 Å². The third-order valence-corrected chi connectivity index (χ3v) is 2.36. The van der Waals surface area contributed by atoms with Crippen LogP contribution in [0.25, 0.3) is 0 Å². The maximum atomic E-state index is 11.6. The van der Waals surface area contributed by atoms with E-state index >= 15 is 0 Å². The third-order valence-electron chi connectivity index (χ3n) is 2.36. The first-order chi connectivity index (χ1) is 6.74. The third kappa shape index (κ3) is 3.30. The molecular weight excluding hydrogens is 174 g/mol. The van der Waals surface area contributed by atoms with Crippen molar-refractivity contribution in [2.45, 2.75) is 13.3 Å².